The third kappa shape index (κ3) is 4.95. The van der Waals surface area contributed by atoms with Gasteiger partial charge in [-0.15, -0.1) is 0 Å². The van der Waals surface area contributed by atoms with Crippen LogP contribution in [0.3, 0.4) is 0 Å². The molecular formula is C22H20O3. The van der Waals surface area contributed by atoms with Crippen LogP contribution in [0.25, 0.3) is 0 Å². The van der Waals surface area contributed by atoms with Gasteiger partial charge in [0.2, 0.25) is 0 Å². The topological polar surface area (TPSA) is 46.5 Å². The van der Waals surface area contributed by atoms with E-state index in [-0.39, 0.29) is 12.3 Å². The number of benzene rings is 3. The van der Waals surface area contributed by atoms with Gasteiger partial charge in [-0.3, -0.25) is 4.79 Å². The summed E-state index contributed by atoms with van der Waals surface area (Å²) in [5.74, 6) is 0.668. The Morgan fingerprint density at radius 1 is 0.800 bits per heavy atom. The molecule has 0 aliphatic heterocycles. The summed E-state index contributed by atoms with van der Waals surface area (Å²) >= 11 is 0. The molecule has 0 spiro atoms. The lowest BCUT2D eigenvalue weighted by atomic mass is 9.89. The minimum Gasteiger partial charge on any atom is -0.481 e. The molecule has 3 heteroatoms. The summed E-state index contributed by atoms with van der Waals surface area (Å²) in [7, 11) is 0. The highest BCUT2D eigenvalue weighted by Gasteiger charge is 2.16. The fraction of sp³-hybridized carbons (Fsp3) is 0.136. The number of para-hydroxylation sites is 1. The van der Waals surface area contributed by atoms with E-state index >= 15 is 0 Å². The Balaban J connectivity index is 1.75. The van der Waals surface area contributed by atoms with Gasteiger partial charge in [-0.2, -0.15) is 0 Å². The van der Waals surface area contributed by atoms with Gasteiger partial charge >= 0.3 is 5.97 Å². The summed E-state index contributed by atoms with van der Waals surface area (Å²) in [6, 6.07) is 27.2. The van der Waals surface area contributed by atoms with Crippen LogP contribution in [0.15, 0.2) is 84.9 Å². The van der Waals surface area contributed by atoms with Gasteiger partial charge in [0, 0.05) is 0 Å². The number of carboxylic acids is 1. The zero-order valence-corrected chi connectivity index (χ0v) is 13.8. The van der Waals surface area contributed by atoms with Crippen LogP contribution >= 0.6 is 0 Å². The smallest absolute Gasteiger partial charge is 0.303 e. The van der Waals surface area contributed by atoms with Gasteiger partial charge in [0.05, 0.1) is 6.42 Å². The Bertz CT molecular complexity index is 796. The fourth-order valence-electron chi connectivity index (χ4n) is 2.85. The first-order valence-electron chi connectivity index (χ1n) is 8.29. The normalized spacial score (nSPS) is 11.7. The molecule has 0 fully saturated rings. The Hall–Kier alpha value is -3.07. The van der Waals surface area contributed by atoms with Gasteiger partial charge in [-0.1, -0.05) is 60.7 Å². The number of carboxylic acid groups (broad SMARTS) is 1. The van der Waals surface area contributed by atoms with Gasteiger partial charge in [0.1, 0.15) is 11.5 Å². The van der Waals surface area contributed by atoms with Crippen LogP contribution in [0.2, 0.25) is 0 Å². The van der Waals surface area contributed by atoms with Crippen molar-refractivity contribution in [2.45, 2.75) is 18.8 Å². The van der Waals surface area contributed by atoms with Crippen molar-refractivity contribution in [3.63, 3.8) is 0 Å². The van der Waals surface area contributed by atoms with Crippen LogP contribution < -0.4 is 4.74 Å². The van der Waals surface area contributed by atoms with Crippen molar-refractivity contribution in [3.8, 4) is 11.5 Å². The van der Waals surface area contributed by atoms with Crippen molar-refractivity contribution in [2.75, 3.05) is 0 Å². The van der Waals surface area contributed by atoms with Gasteiger partial charge < -0.3 is 9.84 Å². The number of ether oxygens (including phenoxy) is 1. The van der Waals surface area contributed by atoms with E-state index in [1.807, 2.05) is 84.9 Å². The first-order valence-corrected chi connectivity index (χ1v) is 8.29. The number of hydrogen-bond donors (Lipinski definition) is 1. The van der Waals surface area contributed by atoms with Crippen molar-refractivity contribution < 1.29 is 14.6 Å². The maximum absolute atomic E-state index is 11.3. The highest BCUT2D eigenvalue weighted by molar-refractivity contribution is 5.68. The van der Waals surface area contributed by atoms with Crippen LogP contribution in [-0.4, -0.2) is 11.1 Å². The van der Waals surface area contributed by atoms with Crippen LogP contribution in [0.4, 0.5) is 0 Å². The first-order chi connectivity index (χ1) is 12.2. The Morgan fingerprint density at radius 2 is 1.36 bits per heavy atom. The predicted octanol–water partition coefficient (Wildman–Crippen LogP) is 5.28. The summed E-state index contributed by atoms with van der Waals surface area (Å²) in [6.07, 6.45) is 0.805. The van der Waals surface area contributed by atoms with Crippen LogP contribution in [-0.2, 0) is 11.2 Å². The van der Waals surface area contributed by atoms with E-state index in [2.05, 4.69) is 0 Å². The molecule has 3 nitrogen and oxygen atoms in total. The predicted molar refractivity (Wildman–Crippen MR) is 98.1 cm³/mol. The van der Waals surface area contributed by atoms with Crippen LogP contribution in [0.1, 0.15) is 23.5 Å². The van der Waals surface area contributed by atoms with Crippen molar-refractivity contribution in [1.82, 2.24) is 0 Å². The number of hydrogen-bond acceptors (Lipinski definition) is 2. The maximum atomic E-state index is 11.3. The molecule has 25 heavy (non-hydrogen) atoms. The van der Waals surface area contributed by atoms with Crippen molar-refractivity contribution in [3.05, 3.63) is 96.1 Å². The van der Waals surface area contributed by atoms with E-state index in [0.29, 0.717) is 6.42 Å². The molecule has 0 aromatic heterocycles. The van der Waals surface area contributed by atoms with E-state index in [9.17, 15) is 9.90 Å². The fourth-order valence-corrected chi connectivity index (χ4v) is 2.85. The summed E-state index contributed by atoms with van der Waals surface area (Å²) < 4.78 is 5.80. The Morgan fingerprint density at radius 3 is 1.96 bits per heavy atom. The second-order valence-electron chi connectivity index (χ2n) is 5.97. The molecule has 126 valence electrons. The molecule has 0 unspecified atom stereocenters. The molecule has 0 bridgehead atoms. The largest absolute Gasteiger partial charge is 0.481 e. The first kappa shape index (κ1) is 16.8. The monoisotopic (exact) mass is 332 g/mol. The summed E-state index contributed by atoms with van der Waals surface area (Å²) in [4.78, 5) is 11.3. The molecule has 0 saturated heterocycles. The molecule has 1 atom stereocenters. The number of rotatable bonds is 7. The van der Waals surface area contributed by atoms with Crippen LogP contribution in [0.5, 0.6) is 11.5 Å². The van der Waals surface area contributed by atoms with E-state index in [0.717, 1.165) is 22.6 Å². The van der Waals surface area contributed by atoms with Crippen molar-refractivity contribution >= 4 is 5.97 Å². The second kappa shape index (κ2) is 8.15. The van der Waals surface area contributed by atoms with E-state index in [4.69, 9.17) is 4.74 Å². The van der Waals surface area contributed by atoms with Crippen molar-refractivity contribution in [2.24, 2.45) is 0 Å². The summed E-state index contributed by atoms with van der Waals surface area (Å²) in [6.45, 7) is 0. The third-order valence-corrected chi connectivity index (χ3v) is 4.08. The Labute approximate surface area is 147 Å². The molecule has 0 heterocycles. The minimum atomic E-state index is -0.787. The molecule has 1 N–H and O–H groups in total. The van der Waals surface area contributed by atoms with Gasteiger partial charge in [-0.25, -0.2) is 0 Å². The van der Waals surface area contributed by atoms with Gasteiger partial charge in [-0.05, 0) is 47.7 Å². The average Bonchev–Trinajstić information content (AvgIpc) is 2.63. The highest BCUT2D eigenvalue weighted by Crippen LogP contribution is 2.28. The second-order valence-corrected chi connectivity index (χ2v) is 5.97. The maximum Gasteiger partial charge on any atom is 0.303 e. The molecule has 3 aromatic rings. The van der Waals surface area contributed by atoms with E-state index in [1.54, 1.807) is 0 Å². The molecule has 3 rings (SSSR count). The number of carbonyl (C=O) groups is 1. The van der Waals surface area contributed by atoms with Gasteiger partial charge in [0.15, 0.2) is 0 Å². The molecule has 0 amide bonds. The molecule has 3 aromatic carbocycles. The number of aliphatic carboxylic acids is 1. The molecule has 0 aliphatic carbocycles. The van der Waals surface area contributed by atoms with Crippen LogP contribution in [0, 0.1) is 0 Å². The SMILES string of the molecule is O=C(O)C[C@H](Cc1ccccc1)c1ccc(Oc2ccccc2)cc1. The lowest BCUT2D eigenvalue weighted by molar-refractivity contribution is -0.137. The highest BCUT2D eigenvalue weighted by atomic mass is 16.5. The van der Waals surface area contributed by atoms with Gasteiger partial charge in [0.25, 0.3) is 0 Å². The third-order valence-electron chi connectivity index (χ3n) is 4.08. The zero-order valence-electron chi connectivity index (χ0n) is 13.8. The molecule has 0 saturated carbocycles. The Kier molecular flexibility index (Phi) is 5.47. The minimum absolute atomic E-state index is 0.0642. The summed E-state index contributed by atoms with van der Waals surface area (Å²) in [5.41, 5.74) is 2.14. The van der Waals surface area contributed by atoms with E-state index in [1.165, 1.54) is 0 Å². The molecule has 0 aliphatic rings. The average molecular weight is 332 g/mol. The van der Waals surface area contributed by atoms with Crippen molar-refractivity contribution in [1.29, 1.82) is 0 Å². The molecular weight excluding hydrogens is 312 g/mol. The van der Waals surface area contributed by atoms with E-state index < -0.39 is 5.97 Å². The zero-order chi connectivity index (χ0) is 17.5. The molecule has 0 radical (unpaired) electrons. The lowest BCUT2D eigenvalue weighted by Gasteiger charge is -2.16. The standard InChI is InChI=1S/C22H20O3/c23-22(24)16-19(15-17-7-3-1-4-8-17)18-11-13-21(14-12-18)25-20-9-5-2-6-10-20/h1-14,19H,15-16H2,(H,23,24)/t19-/m0/s1. The lowest BCUT2D eigenvalue weighted by Crippen LogP contribution is -2.09. The summed E-state index contributed by atoms with van der Waals surface area (Å²) in [5, 5.41) is 9.25. The quantitative estimate of drug-likeness (QED) is 0.640.